The average Bonchev–Trinajstić information content (AvgIpc) is 2.90. The first kappa shape index (κ1) is 15.6. The molecule has 5 heteroatoms. The molecule has 0 spiro atoms. The molecule has 1 fully saturated rings. The van der Waals surface area contributed by atoms with Crippen molar-refractivity contribution in [3.05, 3.63) is 51.3 Å². The third-order valence-corrected chi connectivity index (χ3v) is 4.59. The fraction of sp³-hybridized carbons (Fsp3) is 0.294. The molecule has 0 bridgehead atoms. The van der Waals surface area contributed by atoms with Crippen LogP contribution in [0.15, 0.2) is 36.4 Å². The van der Waals surface area contributed by atoms with Gasteiger partial charge in [0.15, 0.2) is 0 Å². The van der Waals surface area contributed by atoms with Gasteiger partial charge in [0.05, 0.1) is 17.5 Å². The Morgan fingerprint density at radius 3 is 2.68 bits per heavy atom. The van der Waals surface area contributed by atoms with Crippen LogP contribution in [0.3, 0.4) is 0 Å². The molecule has 1 atom stereocenters. The van der Waals surface area contributed by atoms with Crippen molar-refractivity contribution < 1.29 is 9.50 Å². The first-order valence-electron chi connectivity index (χ1n) is 7.28. The minimum Gasteiger partial charge on any atom is -0.391 e. The minimum absolute atomic E-state index is 0.263. The highest BCUT2D eigenvalue weighted by Gasteiger charge is 2.23. The Kier molecular flexibility index (Phi) is 4.54. The lowest BCUT2D eigenvalue weighted by atomic mass is 10.1. The second-order valence-corrected chi connectivity index (χ2v) is 6.88. The Morgan fingerprint density at radius 2 is 2.00 bits per heavy atom. The van der Waals surface area contributed by atoms with Gasteiger partial charge in [0.1, 0.15) is 5.82 Å². The summed E-state index contributed by atoms with van der Waals surface area (Å²) in [5.74, 6) is -0.263. The predicted octanol–water partition coefficient (Wildman–Crippen LogP) is 4.05. The van der Waals surface area contributed by atoms with Crippen molar-refractivity contribution >= 4 is 39.7 Å². The summed E-state index contributed by atoms with van der Waals surface area (Å²) in [6.45, 7) is 3.34. The van der Waals surface area contributed by atoms with Gasteiger partial charge in [0.25, 0.3) is 0 Å². The Labute approximate surface area is 143 Å². The van der Waals surface area contributed by atoms with Gasteiger partial charge >= 0.3 is 0 Å². The molecule has 1 unspecified atom stereocenters. The first-order chi connectivity index (χ1) is 10.5. The highest BCUT2D eigenvalue weighted by molar-refractivity contribution is 14.1. The maximum Gasteiger partial charge on any atom is 0.125 e. The van der Waals surface area contributed by atoms with Crippen LogP contribution in [0.5, 0.6) is 0 Å². The number of halogens is 2. The van der Waals surface area contributed by atoms with Crippen molar-refractivity contribution in [3.8, 4) is 0 Å². The van der Waals surface area contributed by atoms with Crippen LogP contribution in [-0.4, -0.2) is 24.3 Å². The average molecular weight is 412 g/mol. The fourth-order valence-corrected chi connectivity index (χ4v) is 3.39. The zero-order valence-corrected chi connectivity index (χ0v) is 14.5. The van der Waals surface area contributed by atoms with E-state index in [1.807, 2.05) is 24.0 Å². The molecule has 0 aliphatic carbocycles. The number of anilines is 3. The summed E-state index contributed by atoms with van der Waals surface area (Å²) in [5.41, 5.74) is 3.81. The lowest BCUT2D eigenvalue weighted by molar-refractivity contribution is 0.198. The topological polar surface area (TPSA) is 35.5 Å². The summed E-state index contributed by atoms with van der Waals surface area (Å²) in [5, 5.41) is 13.1. The summed E-state index contributed by atoms with van der Waals surface area (Å²) >= 11 is 2.28. The number of hydrogen-bond acceptors (Lipinski definition) is 3. The van der Waals surface area contributed by atoms with Crippen LogP contribution in [-0.2, 0) is 0 Å². The smallest absolute Gasteiger partial charge is 0.125 e. The molecule has 1 aliphatic heterocycles. The first-order valence-corrected chi connectivity index (χ1v) is 8.36. The van der Waals surface area contributed by atoms with E-state index in [9.17, 15) is 9.50 Å². The van der Waals surface area contributed by atoms with E-state index in [4.69, 9.17) is 0 Å². The van der Waals surface area contributed by atoms with E-state index in [-0.39, 0.29) is 11.9 Å². The highest BCUT2D eigenvalue weighted by Crippen LogP contribution is 2.33. The maximum atomic E-state index is 13.7. The molecule has 1 heterocycles. The summed E-state index contributed by atoms with van der Waals surface area (Å²) in [7, 11) is 0. The van der Waals surface area contributed by atoms with Gasteiger partial charge in [-0.15, -0.1) is 0 Å². The zero-order valence-electron chi connectivity index (χ0n) is 12.3. The van der Waals surface area contributed by atoms with Crippen LogP contribution >= 0.6 is 22.6 Å². The van der Waals surface area contributed by atoms with E-state index in [1.165, 1.54) is 15.7 Å². The zero-order chi connectivity index (χ0) is 15.7. The summed E-state index contributed by atoms with van der Waals surface area (Å²) in [4.78, 5) is 2.03. The van der Waals surface area contributed by atoms with Gasteiger partial charge < -0.3 is 15.3 Å². The van der Waals surface area contributed by atoms with Gasteiger partial charge in [0.2, 0.25) is 0 Å². The normalized spacial score (nSPS) is 17.8. The maximum absolute atomic E-state index is 13.7. The largest absolute Gasteiger partial charge is 0.391 e. The van der Waals surface area contributed by atoms with Crippen molar-refractivity contribution in [1.29, 1.82) is 0 Å². The highest BCUT2D eigenvalue weighted by atomic mass is 127. The van der Waals surface area contributed by atoms with Crippen LogP contribution in [0.1, 0.15) is 12.0 Å². The van der Waals surface area contributed by atoms with E-state index < -0.39 is 0 Å². The molecule has 2 N–H and O–H groups in total. The van der Waals surface area contributed by atoms with Gasteiger partial charge in [0, 0.05) is 22.3 Å². The van der Waals surface area contributed by atoms with E-state index in [0.29, 0.717) is 6.54 Å². The number of β-amino-alcohol motifs (C(OH)–C–C–N with tert-alkyl or cyclic N) is 1. The van der Waals surface area contributed by atoms with Crippen molar-refractivity contribution in [2.45, 2.75) is 19.4 Å². The molecule has 1 aliphatic rings. The van der Waals surface area contributed by atoms with Gasteiger partial charge in [-0.1, -0.05) is 0 Å². The fourth-order valence-electron chi connectivity index (χ4n) is 2.75. The number of aliphatic hydroxyl groups is 1. The van der Waals surface area contributed by atoms with E-state index in [0.717, 1.165) is 35.6 Å². The standard InChI is InChI=1S/C17H18FIN2O/c1-11-8-13(19)3-5-15(11)20-16-4-2-12(18)9-17(16)21-7-6-14(22)10-21/h2-5,8-9,14,20,22H,6-7,10H2,1H3. The van der Waals surface area contributed by atoms with E-state index in [2.05, 4.69) is 34.0 Å². The summed E-state index contributed by atoms with van der Waals surface area (Å²) in [6.07, 6.45) is 0.384. The molecule has 2 aromatic rings. The number of hydrogen-bond donors (Lipinski definition) is 2. The van der Waals surface area contributed by atoms with Crippen molar-refractivity contribution in [2.75, 3.05) is 23.3 Å². The molecule has 116 valence electrons. The van der Waals surface area contributed by atoms with Gasteiger partial charge in [-0.2, -0.15) is 0 Å². The van der Waals surface area contributed by atoms with E-state index in [1.54, 1.807) is 6.07 Å². The Hall–Kier alpha value is -1.34. The Morgan fingerprint density at radius 1 is 1.23 bits per heavy atom. The number of benzene rings is 2. The molecule has 0 amide bonds. The van der Waals surface area contributed by atoms with Crippen LogP contribution in [0.2, 0.25) is 0 Å². The van der Waals surface area contributed by atoms with Gasteiger partial charge in [-0.3, -0.25) is 0 Å². The number of nitrogens with zero attached hydrogens (tertiary/aromatic N) is 1. The molecule has 1 saturated heterocycles. The number of rotatable bonds is 3. The van der Waals surface area contributed by atoms with E-state index >= 15 is 0 Å². The molecule has 2 aromatic carbocycles. The Balaban J connectivity index is 1.93. The second kappa shape index (κ2) is 6.42. The second-order valence-electron chi connectivity index (χ2n) is 5.63. The van der Waals surface area contributed by atoms with Gasteiger partial charge in [-0.25, -0.2) is 4.39 Å². The van der Waals surface area contributed by atoms with Crippen LogP contribution in [0.4, 0.5) is 21.5 Å². The summed E-state index contributed by atoms with van der Waals surface area (Å²) in [6, 6.07) is 10.9. The number of nitrogens with one attached hydrogen (secondary N) is 1. The molecule has 22 heavy (non-hydrogen) atoms. The van der Waals surface area contributed by atoms with Crippen molar-refractivity contribution in [2.24, 2.45) is 0 Å². The molecule has 0 radical (unpaired) electrons. The van der Waals surface area contributed by atoms with Crippen molar-refractivity contribution in [1.82, 2.24) is 0 Å². The number of aryl methyl sites for hydroxylation is 1. The molecular formula is C17H18FIN2O. The lowest BCUT2D eigenvalue weighted by Crippen LogP contribution is -2.22. The predicted molar refractivity (Wildman–Crippen MR) is 96.4 cm³/mol. The third-order valence-electron chi connectivity index (χ3n) is 3.92. The van der Waals surface area contributed by atoms with Gasteiger partial charge in [-0.05, 0) is 77.9 Å². The molecule has 3 nitrogen and oxygen atoms in total. The van der Waals surface area contributed by atoms with Crippen LogP contribution < -0.4 is 10.2 Å². The Bertz CT molecular complexity index is 692. The third kappa shape index (κ3) is 3.35. The summed E-state index contributed by atoms with van der Waals surface area (Å²) < 4.78 is 14.8. The molecule has 3 rings (SSSR count). The van der Waals surface area contributed by atoms with Crippen LogP contribution in [0.25, 0.3) is 0 Å². The molecule has 0 saturated carbocycles. The quantitative estimate of drug-likeness (QED) is 0.747. The minimum atomic E-state index is -0.337. The molecule has 0 aromatic heterocycles. The monoisotopic (exact) mass is 412 g/mol. The molecular weight excluding hydrogens is 394 g/mol. The lowest BCUT2D eigenvalue weighted by Gasteiger charge is -2.23. The SMILES string of the molecule is Cc1cc(I)ccc1Nc1ccc(F)cc1N1CCC(O)C1. The number of aliphatic hydroxyl groups excluding tert-OH is 1. The van der Waals surface area contributed by atoms with Crippen molar-refractivity contribution in [3.63, 3.8) is 0 Å². The van der Waals surface area contributed by atoms with Crippen LogP contribution in [0, 0.1) is 16.3 Å².